The topological polar surface area (TPSA) is 87.5 Å². The first-order valence-corrected chi connectivity index (χ1v) is 5.67. The van der Waals surface area contributed by atoms with E-state index in [0.29, 0.717) is 19.5 Å². The Kier molecular flexibility index (Phi) is 5.16. The monoisotopic (exact) mass is 254 g/mol. The first-order valence-electron chi connectivity index (χ1n) is 5.67. The molecule has 0 aliphatic rings. The number of amides is 2. The van der Waals surface area contributed by atoms with Gasteiger partial charge in [0, 0.05) is 39.5 Å². The Morgan fingerprint density at radius 1 is 1.56 bits per heavy atom. The predicted octanol–water partition coefficient (Wildman–Crippen LogP) is 0.426. The Morgan fingerprint density at radius 2 is 2.28 bits per heavy atom. The van der Waals surface area contributed by atoms with Gasteiger partial charge in [-0.3, -0.25) is 4.79 Å². The van der Waals surface area contributed by atoms with Gasteiger partial charge in [0.05, 0.1) is 6.54 Å². The highest BCUT2D eigenvalue weighted by Gasteiger charge is 2.10. The minimum absolute atomic E-state index is 0.0589. The number of hydrogen-bond donors (Lipinski definition) is 2. The van der Waals surface area contributed by atoms with E-state index in [4.69, 9.17) is 5.11 Å². The van der Waals surface area contributed by atoms with Crippen LogP contribution in [0.1, 0.15) is 18.7 Å². The Balaban J connectivity index is 2.29. The second-order valence-electron chi connectivity index (χ2n) is 4.04. The van der Waals surface area contributed by atoms with Crippen molar-refractivity contribution in [1.29, 1.82) is 0 Å². The van der Waals surface area contributed by atoms with E-state index in [9.17, 15) is 9.59 Å². The number of aliphatic carboxylic acids is 1. The molecular weight excluding hydrogens is 236 g/mol. The Morgan fingerprint density at radius 3 is 2.83 bits per heavy atom. The van der Waals surface area contributed by atoms with E-state index >= 15 is 0 Å². The van der Waals surface area contributed by atoms with Crippen LogP contribution >= 0.6 is 0 Å². The number of aromatic nitrogens is 2. The highest BCUT2D eigenvalue weighted by Crippen LogP contribution is 1.99. The van der Waals surface area contributed by atoms with Gasteiger partial charge in [0.25, 0.3) is 0 Å². The van der Waals surface area contributed by atoms with Gasteiger partial charge in [-0.05, 0) is 6.42 Å². The van der Waals surface area contributed by atoms with Crippen LogP contribution in [0, 0.1) is 0 Å². The Bertz CT molecular complexity index is 416. The summed E-state index contributed by atoms with van der Waals surface area (Å²) in [4.78, 5) is 27.6. The normalized spacial score (nSPS) is 10.1. The van der Waals surface area contributed by atoms with Crippen LogP contribution in [-0.4, -0.2) is 45.2 Å². The molecular formula is C11H18N4O3. The first kappa shape index (κ1) is 14.0. The summed E-state index contributed by atoms with van der Waals surface area (Å²) in [5.41, 5.74) is 0. The maximum absolute atomic E-state index is 11.7. The average Bonchev–Trinajstić information content (AvgIpc) is 2.70. The lowest BCUT2D eigenvalue weighted by Gasteiger charge is -2.17. The SMILES string of the molecule is CN(Cc1nccn1C)C(=O)NCCCC(=O)O. The lowest BCUT2D eigenvalue weighted by Crippen LogP contribution is -2.37. The van der Waals surface area contributed by atoms with Crippen LogP contribution in [0.3, 0.4) is 0 Å². The van der Waals surface area contributed by atoms with Gasteiger partial charge in [0.15, 0.2) is 0 Å². The highest BCUT2D eigenvalue weighted by atomic mass is 16.4. The molecule has 1 aromatic heterocycles. The van der Waals surface area contributed by atoms with Crippen molar-refractivity contribution in [3.8, 4) is 0 Å². The number of rotatable bonds is 6. The standard InChI is InChI=1S/C11H18N4O3/c1-14-7-6-12-9(14)8-15(2)11(18)13-5-3-4-10(16)17/h6-7H,3-5,8H2,1-2H3,(H,13,18)(H,16,17). The van der Waals surface area contributed by atoms with Crippen LogP contribution in [0.2, 0.25) is 0 Å². The quantitative estimate of drug-likeness (QED) is 0.720. The fourth-order valence-electron chi connectivity index (χ4n) is 1.40. The zero-order valence-electron chi connectivity index (χ0n) is 10.6. The minimum Gasteiger partial charge on any atom is -0.481 e. The first-order chi connectivity index (χ1) is 8.50. The van der Waals surface area contributed by atoms with Gasteiger partial charge in [0.1, 0.15) is 5.82 Å². The van der Waals surface area contributed by atoms with Crippen molar-refractivity contribution >= 4 is 12.0 Å². The number of hydrogen-bond acceptors (Lipinski definition) is 3. The van der Waals surface area contributed by atoms with Gasteiger partial charge in [-0.1, -0.05) is 0 Å². The molecule has 0 aromatic carbocycles. The van der Waals surface area contributed by atoms with Crippen LogP contribution in [0.15, 0.2) is 12.4 Å². The third kappa shape index (κ3) is 4.44. The molecule has 0 radical (unpaired) electrons. The largest absolute Gasteiger partial charge is 0.481 e. The molecule has 18 heavy (non-hydrogen) atoms. The predicted molar refractivity (Wildman–Crippen MR) is 64.9 cm³/mol. The molecule has 1 heterocycles. The molecule has 0 saturated carbocycles. The molecule has 2 N–H and O–H groups in total. The number of imidazole rings is 1. The van der Waals surface area contributed by atoms with E-state index in [1.807, 2.05) is 17.8 Å². The summed E-state index contributed by atoms with van der Waals surface area (Å²) >= 11 is 0. The van der Waals surface area contributed by atoms with Crippen LogP contribution in [0.5, 0.6) is 0 Å². The summed E-state index contributed by atoms with van der Waals surface area (Å²) in [6, 6.07) is -0.233. The summed E-state index contributed by atoms with van der Waals surface area (Å²) in [5.74, 6) is -0.0659. The van der Waals surface area contributed by atoms with Crippen molar-refractivity contribution in [3.63, 3.8) is 0 Å². The van der Waals surface area contributed by atoms with Crippen molar-refractivity contribution in [3.05, 3.63) is 18.2 Å². The second-order valence-corrected chi connectivity index (χ2v) is 4.04. The summed E-state index contributed by atoms with van der Waals surface area (Å²) in [5, 5.41) is 11.1. The van der Waals surface area contributed by atoms with Crippen LogP contribution in [0.4, 0.5) is 4.79 Å². The number of aryl methyl sites for hydroxylation is 1. The van der Waals surface area contributed by atoms with Gasteiger partial charge < -0.3 is 19.9 Å². The van der Waals surface area contributed by atoms with Crippen molar-refractivity contribution in [1.82, 2.24) is 19.8 Å². The zero-order valence-corrected chi connectivity index (χ0v) is 10.6. The van der Waals surface area contributed by atoms with E-state index in [0.717, 1.165) is 5.82 Å². The molecule has 1 aromatic rings. The molecule has 0 saturated heterocycles. The summed E-state index contributed by atoms with van der Waals surface area (Å²) in [7, 11) is 3.53. The van der Waals surface area contributed by atoms with Crippen molar-refractivity contribution in [2.24, 2.45) is 7.05 Å². The summed E-state index contributed by atoms with van der Waals surface area (Å²) in [6.07, 6.45) is 3.97. The van der Waals surface area contributed by atoms with E-state index in [1.165, 1.54) is 4.90 Å². The third-order valence-corrected chi connectivity index (χ3v) is 2.49. The second kappa shape index (κ2) is 6.63. The summed E-state index contributed by atoms with van der Waals surface area (Å²) in [6.45, 7) is 0.768. The molecule has 2 amide bonds. The molecule has 7 nitrogen and oxygen atoms in total. The zero-order chi connectivity index (χ0) is 13.5. The molecule has 0 spiro atoms. The molecule has 0 fully saturated rings. The molecule has 100 valence electrons. The molecule has 0 bridgehead atoms. The molecule has 1 rings (SSSR count). The maximum Gasteiger partial charge on any atom is 0.317 e. The van der Waals surface area contributed by atoms with E-state index < -0.39 is 5.97 Å². The number of carboxylic acid groups (broad SMARTS) is 1. The van der Waals surface area contributed by atoms with E-state index in [-0.39, 0.29) is 12.5 Å². The van der Waals surface area contributed by atoms with Crippen molar-refractivity contribution in [2.45, 2.75) is 19.4 Å². The van der Waals surface area contributed by atoms with Gasteiger partial charge >= 0.3 is 12.0 Å². The van der Waals surface area contributed by atoms with E-state index in [1.54, 1.807) is 13.2 Å². The molecule has 0 aliphatic heterocycles. The number of carbonyl (C=O) groups excluding carboxylic acids is 1. The van der Waals surface area contributed by atoms with Gasteiger partial charge in [-0.25, -0.2) is 9.78 Å². The smallest absolute Gasteiger partial charge is 0.317 e. The minimum atomic E-state index is -0.856. The number of carboxylic acids is 1. The molecule has 7 heteroatoms. The number of nitrogens with zero attached hydrogens (tertiary/aromatic N) is 3. The molecule has 0 atom stereocenters. The van der Waals surface area contributed by atoms with Crippen LogP contribution < -0.4 is 5.32 Å². The molecule has 0 aliphatic carbocycles. The fraction of sp³-hybridized carbons (Fsp3) is 0.545. The van der Waals surface area contributed by atoms with Gasteiger partial charge in [0.2, 0.25) is 0 Å². The average molecular weight is 254 g/mol. The maximum atomic E-state index is 11.7. The highest BCUT2D eigenvalue weighted by molar-refractivity contribution is 5.73. The summed E-state index contributed by atoms with van der Waals surface area (Å²) < 4.78 is 1.84. The number of carbonyl (C=O) groups is 2. The lowest BCUT2D eigenvalue weighted by molar-refractivity contribution is -0.137. The van der Waals surface area contributed by atoms with Gasteiger partial charge in [-0.2, -0.15) is 0 Å². The van der Waals surface area contributed by atoms with E-state index in [2.05, 4.69) is 10.3 Å². The van der Waals surface area contributed by atoms with Crippen LogP contribution in [0.25, 0.3) is 0 Å². The molecule has 0 unspecified atom stereocenters. The van der Waals surface area contributed by atoms with Crippen molar-refractivity contribution < 1.29 is 14.7 Å². The van der Waals surface area contributed by atoms with Gasteiger partial charge in [-0.15, -0.1) is 0 Å². The fourth-order valence-corrected chi connectivity index (χ4v) is 1.40. The number of urea groups is 1. The third-order valence-electron chi connectivity index (χ3n) is 2.49. The Labute approximate surface area is 105 Å². The Hall–Kier alpha value is -2.05. The van der Waals surface area contributed by atoms with Crippen molar-refractivity contribution in [2.75, 3.05) is 13.6 Å². The van der Waals surface area contributed by atoms with Crippen LogP contribution in [-0.2, 0) is 18.4 Å². The lowest BCUT2D eigenvalue weighted by atomic mass is 10.3. The number of nitrogens with one attached hydrogen (secondary N) is 1.